The predicted octanol–water partition coefficient (Wildman–Crippen LogP) is 5.08. The van der Waals surface area contributed by atoms with Gasteiger partial charge < -0.3 is 15.0 Å². The maximum Gasteiger partial charge on any atom is 0.229 e. The van der Waals surface area contributed by atoms with E-state index in [-0.39, 0.29) is 6.10 Å². The molecular weight excluding hydrogens is 324 g/mol. The highest BCUT2D eigenvalue weighted by Crippen LogP contribution is 2.30. The van der Waals surface area contributed by atoms with E-state index in [1.54, 1.807) is 0 Å². The van der Waals surface area contributed by atoms with Gasteiger partial charge in [-0.2, -0.15) is 4.98 Å². The maximum absolute atomic E-state index is 5.90. The number of anilines is 3. The van der Waals surface area contributed by atoms with Crippen LogP contribution in [0.3, 0.4) is 0 Å². The van der Waals surface area contributed by atoms with E-state index < -0.39 is 0 Å². The van der Waals surface area contributed by atoms with Gasteiger partial charge in [0.05, 0.1) is 11.8 Å². The molecule has 5 nitrogen and oxygen atoms in total. The highest BCUT2D eigenvalue weighted by atomic mass is 16.5. The second-order valence-electron chi connectivity index (χ2n) is 7.23. The summed E-state index contributed by atoms with van der Waals surface area (Å²) in [6, 6.07) is 10.6. The van der Waals surface area contributed by atoms with Crippen LogP contribution >= 0.6 is 0 Å². The molecule has 1 saturated heterocycles. The Morgan fingerprint density at radius 2 is 2.04 bits per heavy atom. The molecule has 1 aromatic carbocycles. The first kappa shape index (κ1) is 18.5. The molecule has 1 aliphatic rings. The summed E-state index contributed by atoms with van der Waals surface area (Å²) >= 11 is 0. The van der Waals surface area contributed by atoms with Gasteiger partial charge in [-0.3, -0.25) is 0 Å². The molecule has 26 heavy (non-hydrogen) atoms. The SMILES string of the molecule is CCC1CCCCN1c1cc(C)nc(Nc2ccccc2OC(C)C)n1. The van der Waals surface area contributed by atoms with Crippen molar-refractivity contribution in [2.45, 2.75) is 65.5 Å². The van der Waals surface area contributed by atoms with E-state index in [2.05, 4.69) is 28.2 Å². The quantitative estimate of drug-likeness (QED) is 0.783. The van der Waals surface area contributed by atoms with Crippen LogP contribution in [-0.4, -0.2) is 28.7 Å². The van der Waals surface area contributed by atoms with Gasteiger partial charge in [0.15, 0.2) is 0 Å². The molecule has 0 bridgehead atoms. The number of hydrogen-bond acceptors (Lipinski definition) is 5. The molecule has 1 aliphatic heterocycles. The summed E-state index contributed by atoms with van der Waals surface area (Å²) in [5, 5.41) is 3.36. The van der Waals surface area contributed by atoms with Gasteiger partial charge in [0.2, 0.25) is 5.95 Å². The Kier molecular flexibility index (Phi) is 5.96. The minimum absolute atomic E-state index is 0.116. The number of ether oxygens (including phenoxy) is 1. The highest BCUT2D eigenvalue weighted by Gasteiger charge is 2.23. The third kappa shape index (κ3) is 4.45. The van der Waals surface area contributed by atoms with Gasteiger partial charge in [0.1, 0.15) is 11.6 Å². The van der Waals surface area contributed by atoms with Crippen molar-refractivity contribution >= 4 is 17.5 Å². The van der Waals surface area contributed by atoms with Crippen molar-refractivity contribution in [2.75, 3.05) is 16.8 Å². The normalized spacial score (nSPS) is 17.4. The number of para-hydroxylation sites is 2. The van der Waals surface area contributed by atoms with E-state index in [0.29, 0.717) is 12.0 Å². The predicted molar refractivity (Wildman–Crippen MR) is 108 cm³/mol. The first-order chi connectivity index (χ1) is 12.6. The smallest absolute Gasteiger partial charge is 0.229 e. The van der Waals surface area contributed by atoms with Crippen molar-refractivity contribution < 1.29 is 4.74 Å². The van der Waals surface area contributed by atoms with Crippen LogP contribution in [0.2, 0.25) is 0 Å². The second kappa shape index (κ2) is 8.39. The Balaban J connectivity index is 1.87. The average molecular weight is 354 g/mol. The zero-order valence-corrected chi connectivity index (χ0v) is 16.3. The zero-order valence-electron chi connectivity index (χ0n) is 16.3. The third-order valence-corrected chi connectivity index (χ3v) is 4.73. The van der Waals surface area contributed by atoms with Crippen LogP contribution in [0.4, 0.5) is 17.5 Å². The molecule has 0 spiro atoms. The molecule has 0 amide bonds. The molecule has 3 rings (SSSR count). The number of rotatable bonds is 6. The molecular formula is C21H30N4O. The van der Waals surface area contributed by atoms with E-state index in [4.69, 9.17) is 9.72 Å². The number of benzene rings is 1. The van der Waals surface area contributed by atoms with E-state index >= 15 is 0 Å². The Morgan fingerprint density at radius 1 is 1.23 bits per heavy atom. The summed E-state index contributed by atoms with van der Waals surface area (Å²) in [5.41, 5.74) is 1.86. The van der Waals surface area contributed by atoms with E-state index in [9.17, 15) is 0 Å². The lowest BCUT2D eigenvalue weighted by atomic mass is 10.00. The Morgan fingerprint density at radius 3 is 2.81 bits per heavy atom. The summed E-state index contributed by atoms with van der Waals surface area (Å²) in [7, 11) is 0. The lowest BCUT2D eigenvalue weighted by Gasteiger charge is -2.36. The van der Waals surface area contributed by atoms with Crippen LogP contribution < -0.4 is 15.0 Å². The fourth-order valence-electron chi connectivity index (χ4n) is 3.53. The van der Waals surface area contributed by atoms with Crippen LogP contribution in [0.1, 0.15) is 52.1 Å². The molecule has 1 N–H and O–H groups in total. The Hall–Kier alpha value is -2.30. The molecule has 1 aromatic heterocycles. The van der Waals surface area contributed by atoms with Crippen molar-refractivity contribution in [3.05, 3.63) is 36.0 Å². The van der Waals surface area contributed by atoms with Gasteiger partial charge in [0, 0.05) is 24.3 Å². The second-order valence-corrected chi connectivity index (χ2v) is 7.23. The number of nitrogens with zero attached hydrogens (tertiary/aromatic N) is 3. The molecule has 1 atom stereocenters. The van der Waals surface area contributed by atoms with Crippen molar-refractivity contribution in [3.8, 4) is 5.75 Å². The molecule has 0 saturated carbocycles. The van der Waals surface area contributed by atoms with Gasteiger partial charge in [-0.05, 0) is 58.6 Å². The average Bonchev–Trinajstić information content (AvgIpc) is 2.62. The Labute approximate surface area is 156 Å². The fraction of sp³-hybridized carbons (Fsp3) is 0.524. The van der Waals surface area contributed by atoms with E-state index in [0.717, 1.165) is 35.9 Å². The molecule has 5 heteroatoms. The van der Waals surface area contributed by atoms with Crippen molar-refractivity contribution in [2.24, 2.45) is 0 Å². The summed E-state index contributed by atoms with van der Waals surface area (Å²) in [4.78, 5) is 11.9. The third-order valence-electron chi connectivity index (χ3n) is 4.73. The highest BCUT2D eigenvalue weighted by molar-refractivity contribution is 5.63. The monoisotopic (exact) mass is 354 g/mol. The van der Waals surface area contributed by atoms with Crippen molar-refractivity contribution in [3.63, 3.8) is 0 Å². The number of hydrogen-bond donors (Lipinski definition) is 1. The molecule has 140 valence electrons. The lowest BCUT2D eigenvalue weighted by Crippen LogP contribution is -2.39. The van der Waals surface area contributed by atoms with Crippen LogP contribution in [0.5, 0.6) is 5.75 Å². The van der Waals surface area contributed by atoms with Crippen LogP contribution in [0.15, 0.2) is 30.3 Å². The van der Waals surface area contributed by atoms with E-state index in [1.807, 2.05) is 45.0 Å². The largest absolute Gasteiger partial charge is 0.489 e. The van der Waals surface area contributed by atoms with Gasteiger partial charge in [-0.15, -0.1) is 0 Å². The first-order valence-electron chi connectivity index (χ1n) is 9.72. The minimum Gasteiger partial charge on any atom is -0.489 e. The summed E-state index contributed by atoms with van der Waals surface area (Å²) in [6.07, 6.45) is 5.05. The molecule has 2 aromatic rings. The molecule has 1 unspecified atom stereocenters. The zero-order chi connectivity index (χ0) is 18.5. The lowest BCUT2D eigenvalue weighted by molar-refractivity contribution is 0.244. The fourth-order valence-corrected chi connectivity index (χ4v) is 3.53. The number of nitrogens with one attached hydrogen (secondary N) is 1. The van der Waals surface area contributed by atoms with Gasteiger partial charge >= 0.3 is 0 Å². The number of piperidine rings is 1. The van der Waals surface area contributed by atoms with Gasteiger partial charge in [-0.25, -0.2) is 4.98 Å². The maximum atomic E-state index is 5.90. The first-order valence-corrected chi connectivity index (χ1v) is 9.72. The van der Waals surface area contributed by atoms with Crippen molar-refractivity contribution in [1.29, 1.82) is 0 Å². The molecule has 0 aliphatic carbocycles. The summed E-state index contributed by atoms with van der Waals surface area (Å²) < 4.78 is 5.90. The summed E-state index contributed by atoms with van der Waals surface area (Å²) in [6.45, 7) is 9.41. The van der Waals surface area contributed by atoms with E-state index in [1.165, 1.54) is 19.3 Å². The Bertz CT molecular complexity index is 732. The summed E-state index contributed by atoms with van der Waals surface area (Å²) in [5.74, 6) is 2.47. The standard InChI is InChI=1S/C21H30N4O/c1-5-17-10-8-9-13-25(17)20-14-16(4)22-21(24-20)23-18-11-6-7-12-19(18)26-15(2)3/h6-7,11-12,14-15,17H,5,8-10,13H2,1-4H3,(H,22,23,24). The molecule has 1 fully saturated rings. The molecule has 2 heterocycles. The topological polar surface area (TPSA) is 50.3 Å². The van der Waals surface area contributed by atoms with Crippen molar-refractivity contribution in [1.82, 2.24) is 9.97 Å². The minimum atomic E-state index is 0.116. The number of aromatic nitrogens is 2. The molecule has 0 radical (unpaired) electrons. The van der Waals surface area contributed by atoms with Crippen LogP contribution in [0.25, 0.3) is 0 Å². The van der Waals surface area contributed by atoms with Gasteiger partial charge in [-0.1, -0.05) is 19.1 Å². The number of aryl methyl sites for hydroxylation is 1. The van der Waals surface area contributed by atoms with Crippen LogP contribution in [-0.2, 0) is 0 Å². The van der Waals surface area contributed by atoms with Gasteiger partial charge in [0.25, 0.3) is 0 Å². The van der Waals surface area contributed by atoms with Crippen LogP contribution in [0, 0.1) is 6.92 Å².